The van der Waals surface area contributed by atoms with E-state index in [9.17, 15) is 18.0 Å². The summed E-state index contributed by atoms with van der Waals surface area (Å²) in [6.45, 7) is 1.95. The molecule has 0 spiro atoms. The van der Waals surface area contributed by atoms with E-state index in [1.54, 1.807) is 25.1 Å². The van der Waals surface area contributed by atoms with Gasteiger partial charge in [-0.15, -0.1) is 0 Å². The highest BCUT2D eigenvalue weighted by Gasteiger charge is 2.31. The molecule has 30 heavy (non-hydrogen) atoms. The summed E-state index contributed by atoms with van der Waals surface area (Å²) in [6, 6.07) is 12.7. The van der Waals surface area contributed by atoms with Crippen molar-refractivity contribution in [3.05, 3.63) is 48.5 Å². The Morgan fingerprint density at radius 3 is 2.53 bits per heavy atom. The normalized spacial score (nSPS) is 15.9. The number of carbonyl (C=O) groups is 2. The molecule has 1 amide bonds. The number of sulfonamides is 1. The number of ether oxygens (including phenoxy) is 3. The number of hydrogen-bond acceptors (Lipinski definition) is 7. The second-order valence-corrected chi connectivity index (χ2v) is 8.11. The summed E-state index contributed by atoms with van der Waals surface area (Å²) in [4.78, 5) is 25.9. The van der Waals surface area contributed by atoms with Gasteiger partial charge in [-0.2, -0.15) is 0 Å². The number of anilines is 1. The molecule has 0 aromatic heterocycles. The average Bonchev–Trinajstić information content (AvgIpc) is 2.71. The van der Waals surface area contributed by atoms with E-state index in [1.165, 1.54) is 29.2 Å². The van der Waals surface area contributed by atoms with E-state index in [1.807, 2.05) is 6.07 Å². The number of amides is 1. The lowest BCUT2D eigenvalue weighted by molar-refractivity contribution is -0.144. The number of nitrogens with two attached hydrogens (primary N) is 1. The number of primary sulfonamides is 1. The van der Waals surface area contributed by atoms with E-state index in [0.29, 0.717) is 17.2 Å². The summed E-state index contributed by atoms with van der Waals surface area (Å²) >= 11 is 0. The summed E-state index contributed by atoms with van der Waals surface area (Å²) in [5.41, 5.74) is 0.625. The molecule has 2 aromatic rings. The smallest absolute Gasteiger partial charge is 0.307 e. The topological polar surface area (TPSA) is 125 Å². The highest BCUT2D eigenvalue weighted by atomic mass is 32.2. The quantitative estimate of drug-likeness (QED) is 0.492. The zero-order valence-corrected chi connectivity index (χ0v) is 17.1. The lowest BCUT2D eigenvalue weighted by Gasteiger charge is -2.32. The molecule has 0 fully saturated rings. The molecule has 160 valence electrons. The number of fused-ring (bicyclic) bond motifs is 1. The molecule has 1 heterocycles. The molecule has 2 aromatic carbocycles. The number of esters is 1. The molecule has 0 bridgehead atoms. The molecule has 1 atom stereocenters. The van der Waals surface area contributed by atoms with Crippen molar-refractivity contribution in [2.24, 2.45) is 5.14 Å². The van der Waals surface area contributed by atoms with Crippen LogP contribution in [0.4, 0.5) is 5.69 Å². The van der Waals surface area contributed by atoms with E-state index in [-0.39, 0.29) is 37.0 Å². The molecule has 3 rings (SSSR count). The van der Waals surface area contributed by atoms with Crippen molar-refractivity contribution in [3.8, 4) is 11.5 Å². The lowest BCUT2D eigenvalue weighted by Crippen LogP contribution is -2.45. The fourth-order valence-electron chi connectivity index (χ4n) is 2.91. The number of para-hydroxylation sites is 2. The maximum Gasteiger partial charge on any atom is 0.307 e. The minimum atomic E-state index is -3.76. The first-order valence-electron chi connectivity index (χ1n) is 9.24. The average molecular weight is 434 g/mol. The van der Waals surface area contributed by atoms with Gasteiger partial charge in [0.15, 0.2) is 6.10 Å². The van der Waals surface area contributed by atoms with Crippen LogP contribution in [-0.2, 0) is 24.3 Å². The molecule has 2 N–H and O–H groups in total. The Bertz CT molecular complexity index is 1020. The van der Waals surface area contributed by atoms with Gasteiger partial charge in [-0.05, 0) is 43.3 Å². The van der Waals surface area contributed by atoms with Gasteiger partial charge in [-0.3, -0.25) is 9.59 Å². The van der Waals surface area contributed by atoms with Crippen LogP contribution in [-0.4, -0.2) is 46.2 Å². The zero-order valence-electron chi connectivity index (χ0n) is 16.3. The first-order valence-corrected chi connectivity index (χ1v) is 10.8. The minimum absolute atomic E-state index is 0.0137. The zero-order chi connectivity index (χ0) is 21.7. The first kappa shape index (κ1) is 21.6. The first-order chi connectivity index (χ1) is 14.3. The summed E-state index contributed by atoms with van der Waals surface area (Å²) < 4.78 is 38.5. The van der Waals surface area contributed by atoms with Crippen molar-refractivity contribution in [1.29, 1.82) is 0 Å². The van der Waals surface area contributed by atoms with Crippen molar-refractivity contribution in [2.45, 2.75) is 24.3 Å². The fraction of sp³-hybridized carbons (Fsp3) is 0.300. The molecular weight excluding hydrogens is 412 g/mol. The summed E-state index contributed by atoms with van der Waals surface area (Å²) in [5.74, 6) is 0.336. The van der Waals surface area contributed by atoms with Gasteiger partial charge in [-0.1, -0.05) is 12.1 Å². The van der Waals surface area contributed by atoms with Gasteiger partial charge in [0.05, 0.1) is 17.0 Å². The van der Waals surface area contributed by atoms with E-state index in [0.717, 1.165) is 0 Å². The standard InChI is InChI=1S/C20H22N2O7S/c1-14-20(24)22(17-4-2-3-5-18(17)29-14)11-10-19(23)28-13-12-27-15-6-8-16(9-7-15)30(21,25)26/h2-9,14H,10-13H2,1H3,(H2,21,25,26)/t14-/m1/s1. The molecule has 0 radical (unpaired) electrons. The van der Waals surface area contributed by atoms with Crippen molar-refractivity contribution >= 4 is 27.6 Å². The largest absolute Gasteiger partial charge is 0.490 e. The SMILES string of the molecule is C[C@H]1Oc2ccccc2N(CCC(=O)OCCOc2ccc(S(N)(=O)=O)cc2)C1=O. The van der Waals surface area contributed by atoms with Crippen LogP contribution < -0.4 is 19.5 Å². The van der Waals surface area contributed by atoms with Gasteiger partial charge in [0.25, 0.3) is 5.91 Å². The summed E-state index contributed by atoms with van der Waals surface area (Å²) in [7, 11) is -3.76. The van der Waals surface area contributed by atoms with Gasteiger partial charge < -0.3 is 19.1 Å². The van der Waals surface area contributed by atoms with Gasteiger partial charge in [-0.25, -0.2) is 13.6 Å². The molecule has 10 heteroatoms. The number of benzene rings is 2. The summed E-state index contributed by atoms with van der Waals surface area (Å²) in [6.07, 6.45) is -0.597. The van der Waals surface area contributed by atoms with E-state index >= 15 is 0 Å². The Balaban J connectivity index is 1.44. The molecule has 1 aliphatic rings. The molecule has 0 aliphatic carbocycles. The molecular formula is C20H22N2O7S. The molecule has 1 aliphatic heterocycles. The van der Waals surface area contributed by atoms with Crippen LogP contribution in [0.15, 0.2) is 53.4 Å². The Kier molecular flexibility index (Phi) is 6.58. The van der Waals surface area contributed by atoms with E-state index in [2.05, 4.69) is 0 Å². The van der Waals surface area contributed by atoms with Gasteiger partial charge in [0, 0.05) is 6.54 Å². The van der Waals surface area contributed by atoms with Gasteiger partial charge >= 0.3 is 5.97 Å². The highest BCUT2D eigenvalue weighted by molar-refractivity contribution is 7.89. The van der Waals surface area contributed by atoms with Crippen LogP contribution in [0.25, 0.3) is 0 Å². The number of carbonyl (C=O) groups excluding carboxylic acids is 2. The fourth-order valence-corrected chi connectivity index (χ4v) is 3.42. The van der Waals surface area contributed by atoms with Crippen LogP contribution in [0.1, 0.15) is 13.3 Å². The number of rotatable bonds is 8. The monoisotopic (exact) mass is 434 g/mol. The third-order valence-corrected chi connectivity index (χ3v) is 5.31. The third-order valence-electron chi connectivity index (χ3n) is 4.38. The predicted molar refractivity (Wildman–Crippen MR) is 108 cm³/mol. The maximum atomic E-state index is 12.4. The minimum Gasteiger partial charge on any atom is -0.490 e. The Morgan fingerprint density at radius 1 is 1.13 bits per heavy atom. The summed E-state index contributed by atoms with van der Waals surface area (Å²) in [5, 5.41) is 5.03. The maximum absolute atomic E-state index is 12.4. The van der Waals surface area contributed by atoms with Gasteiger partial charge in [0.1, 0.15) is 24.7 Å². The van der Waals surface area contributed by atoms with Crippen LogP contribution in [0.3, 0.4) is 0 Å². The Hall–Kier alpha value is -3.11. The Labute approximate surface area is 174 Å². The van der Waals surface area contributed by atoms with E-state index in [4.69, 9.17) is 19.3 Å². The number of nitrogens with zero attached hydrogens (tertiary/aromatic N) is 1. The van der Waals surface area contributed by atoms with Crippen LogP contribution in [0.2, 0.25) is 0 Å². The second-order valence-electron chi connectivity index (χ2n) is 6.55. The van der Waals surface area contributed by atoms with Crippen molar-refractivity contribution in [2.75, 3.05) is 24.7 Å². The van der Waals surface area contributed by atoms with Crippen molar-refractivity contribution in [3.63, 3.8) is 0 Å². The highest BCUT2D eigenvalue weighted by Crippen LogP contribution is 2.33. The van der Waals surface area contributed by atoms with Crippen LogP contribution in [0, 0.1) is 0 Å². The molecule has 0 saturated carbocycles. The van der Waals surface area contributed by atoms with Crippen molar-refractivity contribution < 1.29 is 32.2 Å². The third kappa shape index (κ3) is 5.28. The number of hydrogen-bond donors (Lipinski definition) is 1. The van der Waals surface area contributed by atoms with Crippen LogP contribution >= 0.6 is 0 Å². The predicted octanol–water partition coefficient (Wildman–Crippen LogP) is 1.46. The Morgan fingerprint density at radius 2 is 1.83 bits per heavy atom. The second kappa shape index (κ2) is 9.14. The molecule has 0 unspecified atom stereocenters. The van der Waals surface area contributed by atoms with E-state index < -0.39 is 22.1 Å². The molecule has 9 nitrogen and oxygen atoms in total. The van der Waals surface area contributed by atoms with Crippen molar-refractivity contribution in [1.82, 2.24) is 0 Å². The lowest BCUT2D eigenvalue weighted by atomic mass is 10.2. The van der Waals surface area contributed by atoms with Gasteiger partial charge in [0.2, 0.25) is 10.0 Å². The van der Waals surface area contributed by atoms with Crippen LogP contribution in [0.5, 0.6) is 11.5 Å². The molecule has 0 saturated heterocycles.